The van der Waals surface area contributed by atoms with Crippen LogP contribution in [0.5, 0.6) is 0 Å². The standard InChI is InChI=1S/C37H25NO2S2/c1-37(2)30-19-24(38(23-11-4-3-5-12-23)33-18-22-10-6-9-15-32(22)42-33)16-17-28(30)36-31(37)21-25(41-36)20-29-34(39)26-13-7-8-14-27(26)35(29)40/h3-21H,1-2H3. The average molecular weight is 580 g/mol. The summed E-state index contributed by atoms with van der Waals surface area (Å²) in [4.78, 5) is 30.5. The quantitative estimate of drug-likeness (QED) is 0.154. The van der Waals surface area contributed by atoms with E-state index in [0.29, 0.717) is 11.1 Å². The lowest BCUT2D eigenvalue weighted by Crippen LogP contribution is -2.16. The number of nitrogens with zero attached hydrogens (tertiary/aromatic N) is 1. The number of Topliss-reactive ketones (excluding diaryl/α,β-unsaturated/α-hetero) is 2. The molecule has 3 nitrogen and oxygen atoms in total. The van der Waals surface area contributed by atoms with Gasteiger partial charge in [0.1, 0.15) is 5.00 Å². The number of carbonyl (C=O) groups is 2. The predicted molar refractivity (Wildman–Crippen MR) is 175 cm³/mol. The molecule has 0 atom stereocenters. The summed E-state index contributed by atoms with van der Waals surface area (Å²) in [6.07, 6.45) is 1.79. The third-order valence-electron chi connectivity index (χ3n) is 8.44. The van der Waals surface area contributed by atoms with Crippen molar-refractivity contribution in [3.63, 3.8) is 0 Å². The zero-order valence-electron chi connectivity index (χ0n) is 23.0. The second kappa shape index (κ2) is 9.21. The molecule has 0 aliphatic heterocycles. The number of hydrogen-bond acceptors (Lipinski definition) is 5. The van der Waals surface area contributed by atoms with E-state index in [-0.39, 0.29) is 22.6 Å². The molecule has 2 aromatic heterocycles. The average Bonchev–Trinajstić information content (AvgIpc) is 3.74. The molecule has 2 aliphatic rings. The van der Waals surface area contributed by atoms with E-state index in [1.54, 1.807) is 53.0 Å². The first-order valence-corrected chi connectivity index (χ1v) is 15.6. The second-order valence-corrected chi connectivity index (χ2v) is 13.4. The zero-order chi connectivity index (χ0) is 28.6. The lowest BCUT2D eigenvalue weighted by molar-refractivity contribution is 0.0990. The van der Waals surface area contributed by atoms with Gasteiger partial charge in [0.15, 0.2) is 11.6 Å². The van der Waals surface area contributed by atoms with Crippen molar-refractivity contribution in [3.05, 3.63) is 142 Å². The zero-order valence-corrected chi connectivity index (χ0v) is 24.7. The van der Waals surface area contributed by atoms with E-state index in [1.807, 2.05) is 0 Å². The van der Waals surface area contributed by atoms with E-state index in [4.69, 9.17) is 0 Å². The Bertz CT molecular complexity index is 2040. The summed E-state index contributed by atoms with van der Waals surface area (Å²) in [7, 11) is 0. The predicted octanol–water partition coefficient (Wildman–Crippen LogP) is 10.2. The number of benzene rings is 4. The fraction of sp³-hybridized carbons (Fsp3) is 0.0811. The topological polar surface area (TPSA) is 37.4 Å². The first-order chi connectivity index (χ1) is 20.4. The van der Waals surface area contributed by atoms with E-state index < -0.39 is 0 Å². The highest BCUT2D eigenvalue weighted by Crippen LogP contribution is 2.54. The SMILES string of the molecule is CC1(C)c2cc(N(c3ccccc3)c3cc4ccccc4s3)ccc2-c2sc(C=C3C(=O)c4ccccc4C3=O)cc21. The molecule has 0 fully saturated rings. The molecule has 42 heavy (non-hydrogen) atoms. The number of allylic oxidation sites excluding steroid dienone is 1. The van der Waals surface area contributed by atoms with Gasteiger partial charge in [0.05, 0.1) is 5.57 Å². The lowest BCUT2D eigenvalue weighted by atomic mass is 9.82. The highest BCUT2D eigenvalue weighted by atomic mass is 32.1. The number of anilines is 3. The summed E-state index contributed by atoms with van der Waals surface area (Å²) in [5.74, 6) is -0.369. The third-order valence-corrected chi connectivity index (χ3v) is 10.7. The Balaban J connectivity index is 1.21. The van der Waals surface area contributed by atoms with E-state index in [1.165, 1.54) is 36.7 Å². The highest BCUT2D eigenvalue weighted by molar-refractivity contribution is 7.23. The highest BCUT2D eigenvalue weighted by Gasteiger charge is 2.39. The molecule has 0 saturated carbocycles. The van der Waals surface area contributed by atoms with Gasteiger partial charge in [0.2, 0.25) is 0 Å². The number of hydrogen-bond donors (Lipinski definition) is 0. The monoisotopic (exact) mass is 579 g/mol. The van der Waals surface area contributed by atoms with Gasteiger partial charge in [-0.3, -0.25) is 9.59 Å². The molecule has 4 aromatic carbocycles. The summed E-state index contributed by atoms with van der Waals surface area (Å²) >= 11 is 3.45. The number of rotatable bonds is 4. The van der Waals surface area contributed by atoms with Crippen LogP contribution in [0.25, 0.3) is 26.6 Å². The van der Waals surface area contributed by atoms with Crippen molar-refractivity contribution in [1.82, 2.24) is 0 Å². The van der Waals surface area contributed by atoms with Crippen LogP contribution in [0.2, 0.25) is 0 Å². The van der Waals surface area contributed by atoms with Gasteiger partial charge in [-0.15, -0.1) is 22.7 Å². The molecule has 0 amide bonds. The molecule has 202 valence electrons. The van der Waals surface area contributed by atoms with E-state index in [0.717, 1.165) is 16.3 Å². The molecule has 0 radical (unpaired) electrons. The van der Waals surface area contributed by atoms with Crippen molar-refractivity contribution in [2.75, 3.05) is 4.90 Å². The largest absolute Gasteiger partial charge is 0.302 e. The minimum Gasteiger partial charge on any atom is -0.302 e. The molecule has 0 unspecified atom stereocenters. The maximum absolute atomic E-state index is 13.0. The molecule has 6 aromatic rings. The van der Waals surface area contributed by atoms with Gasteiger partial charge in [0.25, 0.3) is 0 Å². The molecule has 0 spiro atoms. The Morgan fingerprint density at radius 3 is 2.07 bits per heavy atom. The van der Waals surface area contributed by atoms with Crippen LogP contribution in [0, 0.1) is 0 Å². The first kappa shape index (κ1) is 25.2. The molecule has 2 heterocycles. The Hall–Kier alpha value is -4.58. The number of carbonyl (C=O) groups excluding carboxylic acids is 2. The molecule has 0 bridgehead atoms. The van der Waals surface area contributed by atoms with Crippen molar-refractivity contribution in [2.45, 2.75) is 19.3 Å². The van der Waals surface area contributed by atoms with E-state index in [2.05, 4.69) is 104 Å². The number of fused-ring (bicyclic) bond motifs is 5. The van der Waals surface area contributed by atoms with Crippen LogP contribution >= 0.6 is 22.7 Å². The number of para-hydroxylation sites is 1. The Labute approximate surface area is 252 Å². The molecular formula is C37H25NO2S2. The van der Waals surface area contributed by atoms with Crippen LogP contribution in [0.15, 0.2) is 115 Å². The summed E-state index contributed by atoms with van der Waals surface area (Å²) in [5, 5.41) is 2.42. The smallest absolute Gasteiger partial charge is 0.197 e. The summed E-state index contributed by atoms with van der Waals surface area (Å²) in [6, 6.07) is 37.3. The van der Waals surface area contributed by atoms with Crippen molar-refractivity contribution in [3.8, 4) is 10.4 Å². The maximum atomic E-state index is 13.0. The van der Waals surface area contributed by atoms with Crippen LogP contribution in [0.3, 0.4) is 0 Å². The van der Waals surface area contributed by atoms with E-state index in [9.17, 15) is 9.59 Å². The van der Waals surface area contributed by atoms with Crippen LogP contribution in [0.4, 0.5) is 16.4 Å². The molecule has 2 aliphatic carbocycles. The fourth-order valence-electron chi connectivity index (χ4n) is 6.28. The lowest BCUT2D eigenvalue weighted by Gasteiger charge is -2.27. The van der Waals surface area contributed by atoms with Gasteiger partial charge in [-0.05, 0) is 70.6 Å². The molecule has 5 heteroatoms. The van der Waals surface area contributed by atoms with Crippen molar-refractivity contribution < 1.29 is 9.59 Å². The number of thiophene rings is 2. The van der Waals surface area contributed by atoms with Crippen molar-refractivity contribution in [1.29, 1.82) is 0 Å². The molecule has 0 saturated heterocycles. The van der Waals surface area contributed by atoms with Gasteiger partial charge in [-0.25, -0.2) is 0 Å². The van der Waals surface area contributed by atoms with Gasteiger partial charge < -0.3 is 4.90 Å². The Morgan fingerprint density at radius 1 is 0.643 bits per heavy atom. The Kier molecular flexibility index (Phi) is 5.52. The van der Waals surface area contributed by atoms with Crippen LogP contribution in [0.1, 0.15) is 50.6 Å². The van der Waals surface area contributed by atoms with Gasteiger partial charge in [-0.2, -0.15) is 0 Å². The minimum absolute atomic E-state index is 0.185. The fourth-order valence-corrected chi connectivity index (χ4v) is 8.69. The molecular weight excluding hydrogens is 555 g/mol. The first-order valence-electron chi connectivity index (χ1n) is 13.9. The molecule has 8 rings (SSSR count). The third kappa shape index (κ3) is 3.71. The van der Waals surface area contributed by atoms with Crippen molar-refractivity contribution in [2.24, 2.45) is 0 Å². The van der Waals surface area contributed by atoms with Gasteiger partial charge in [-0.1, -0.05) is 80.6 Å². The maximum Gasteiger partial charge on any atom is 0.197 e. The summed E-state index contributed by atoms with van der Waals surface area (Å²) in [5.41, 5.74) is 6.99. The normalized spacial score (nSPS) is 14.7. The minimum atomic E-state index is -0.233. The molecule has 0 N–H and O–H groups in total. The van der Waals surface area contributed by atoms with Gasteiger partial charge in [0, 0.05) is 42.4 Å². The van der Waals surface area contributed by atoms with Crippen LogP contribution < -0.4 is 4.90 Å². The second-order valence-electron chi connectivity index (χ2n) is 11.3. The summed E-state index contributed by atoms with van der Waals surface area (Å²) in [6.45, 7) is 4.53. The van der Waals surface area contributed by atoms with Gasteiger partial charge >= 0.3 is 0 Å². The Morgan fingerprint density at radius 2 is 1.33 bits per heavy atom. The van der Waals surface area contributed by atoms with E-state index >= 15 is 0 Å². The number of ketones is 2. The van der Waals surface area contributed by atoms with Crippen molar-refractivity contribution >= 4 is 66.8 Å². The summed E-state index contributed by atoms with van der Waals surface area (Å²) < 4.78 is 1.26. The van der Waals surface area contributed by atoms with Crippen LogP contribution in [-0.2, 0) is 5.41 Å². The van der Waals surface area contributed by atoms with Crippen LogP contribution in [-0.4, -0.2) is 11.6 Å².